The maximum atomic E-state index is 12.8. The number of nitrogens with one attached hydrogen (secondary N) is 1. The molecule has 1 aliphatic heterocycles. The molecule has 4 rings (SSSR count). The first kappa shape index (κ1) is 12.8. The van der Waals surface area contributed by atoms with Crippen molar-refractivity contribution in [1.82, 2.24) is 15.2 Å². The lowest BCUT2D eigenvalue weighted by Crippen LogP contribution is -2.64. The van der Waals surface area contributed by atoms with Crippen LogP contribution in [-0.2, 0) is 16.1 Å². The van der Waals surface area contributed by atoms with E-state index in [9.17, 15) is 9.59 Å². The molecule has 0 aromatic carbocycles. The minimum Gasteiger partial charge on any atom is -0.342 e. The zero-order valence-corrected chi connectivity index (χ0v) is 11.9. The van der Waals surface area contributed by atoms with Gasteiger partial charge in [0.15, 0.2) is 0 Å². The summed E-state index contributed by atoms with van der Waals surface area (Å²) in [4.78, 5) is 31.3. The number of piperazine rings is 1. The Bertz CT molecular complexity index is 566. The summed E-state index contributed by atoms with van der Waals surface area (Å²) in [6.45, 7) is 0.442. The fourth-order valence-corrected chi connectivity index (χ4v) is 3.23. The van der Waals surface area contributed by atoms with E-state index in [-0.39, 0.29) is 23.9 Å². The molecule has 0 radical (unpaired) electrons. The van der Waals surface area contributed by atoms with Crippen LogP contribution in [0.5, 0.6) is 0 Å². The fraction of sp³-hybridized carbons (Fsp3) is 0.562. The lowest BCUT2D eigenvalue weighted by Gasteiger charge is -2.39. The molecule has 5 nitrogen and oxygen atoms in total. The number of hydrogen-bond acceptors (Lipinski definition) is 3. The highest BCUT2D eigenvalue weighted by molar-refractivity contribution is 5.97. The van der Waals surface area contributed by atoms with E-state index in [2.05, 4.69) is 10.3 Å². The van der Waals surface area contributed by atoms with Crippen molar-refractivity contribution < 1.29 is 9.59 Å². The van der Waals surface area contributed by atoms with Crippen LogP contribution in [-0.4, -0.2) is 33.8 Å². The number of aromatic nitrogens is 1. The summed E-state index contributed by atoms with van der Waals surface area (Å²) in [6.07, 6.45) is 5.90. The molecule has 1 N–H and O–H groups in total. The maximum absolute atomic E-state index is 12.8. The zero-order chi connectivity index (χ0) is 14.4. The fourth-order valence-electron chi connectivity index (χ4n) is 3.23. The molecular formula is C16H19N3O2. The van der Waals surface area contributed by atoms with Crippen LogP contribution in [0.25, 0.3) is 0 Å². The quantitative estimate of drug-likeness (QED) is 0.901. The second-order valence-electron chi connectivity index (χ2n) is 6.39. The molecule has 3 fully saturated rings. The Morgan fingerprint density at radius 3 is 2.52 bits per heavy atom. The standard InChI is InChI=1S/C16H19N3O2/c20-15-14(11-6-7-11)19(9-12-3-1-2-8-17-12)16(21)13(18-15)10-4-5-10/h1-3,8,10-11,13-14H,4-7,9H2,(H,18,20). The van der Waals surface area contributed by atoms with Gasteiger partial charge in [-0.05, 0) is 49.7 Å². The third-order valence-corrected chi connectivity index (χ3v) is 4.67. The molecule has 21 heavy (non-hydrogen) atoms. The lowest BCUT2D eigenvalue weighted by atomic mass is 10.00. The van der Waals surface area contributed by atoms with Gasteiger partial charge in [-0.3, -0.25) is 14.6 Å². The predicted molar refractivity (Wildman–Crippen MR) is 76.0 cm³/mol. The van der Waals surface area contributed by atoms with Gasteiger partial charge in [0.25, 0.3) is 0 Å². The van der Waals surface area contributed by atoms with Crippen LogP contribution in [0.2, 0.25) is 0 Å². The van der Waals surface area contributed by atoms with Crippen LogP contribution >= 0.6 is 0 Å². The van der Waals surface area contributed by atoms with E-state index in [0.717, 1.165) is 31.4 Å². The van der Waals surface area contributed by atoms with Gasteiger partial charge in [0.05, 0.1) is 12.2 Å². The minimum atomic E-state index is -0.309. The molecule has 0 spiro atoms. The number of pyridine rings is 1. The molecule has 2 amide bonds. The number of nitrogens with zero attached hydrogens (tertiary/aromatic N) is 2. The van der Waals surface area contributed by atoms with Crippen LogP contribution in [0.15, 0.2) is 24.4 Å². The number of hydrogen-bond donors (Lipinski definition) is 1. The monoisotopic (exact) mass is 285 g/mol. The lowest BCUT2D eigenvalue weighted by molar-refractivity contribution is -0.151. The Balaban J connectivity index is 1.61. The minimum absolute atomic E-state index is 0.0323. The first-order valence-electron chi connectivity index (χ1n) is 7.75. The van der Waals surface area contributed by atoms with E-state index in [1.807, 2.05) is 18.2 Å². The molecule has 5 heteroatoms. The van der Waals surface area contributed by atoms with E-state index in [4.69, 9.17) is 0 Å². The van der Waals surface area contributed by atoms with E-state index in [1.54, 1.807) is 11.1 Å². The predicted octanol–water partition coefficient (Wildman–Crippen LogP) is 1.10. The summed E-state index contributed by atoms with van der Waals surface area (Å²) < 4.78 is 0. The SMILES string of the molecule is O=C1NC(C2CC2)C(=O)N(Cc2ccccn2)C1C1CC1. The smallest absolute Gasteiger partial charge is 0.246 e. The van der Waals surface area contributed by atoms with Crippen LogP contribution in [0.3, 0.4) is 0 Å². The summed E-state index contributed by atoms with van der Waals surface area (Å²) >= 11 is 0. The molecular weight excluding hydrogens is 266 g/mol. The van der Waals surface area contributed by atoms with Crippen LogP contribution in [0.1, 0.15) is 31.4 Å². The van der Waals surface area contributed by atoms with E-state index < -0.39 is 0 Å². The van der Waals surface area contributed by atoms with E-state index in [0.29, 0.717) is 18.4 Å². The summed E-state index contributed by atoms with van der Waals surface area (Å²) in [5.74, 6) is 0.787. The van der Waals surface area contributed by atoms with Crippen molar-refractivity contribution in [3.05, 3.63) is 30.1 Å². The Morgan fingerprint density at radius 2 is 1.90 bits per heavy atom. The van der Waals surface area contributed by atoms with Crippen molar-refractivity contribution in [3.8, 4) is 0 Å². The highest BCUT2D eigenvalue weighted by Crippen LogP contribution is 2.40. The van der Waals surface area contributed by atoms with Crippen LogP contribution in [0, 0.1) is 11.8 Å². The van der Waals surface area contributed by atoms with E-state index >= 15 is 0 Å². The highest BCUT2D eigenvalue weighted by Gasteiger charge is 2.51. The van der Waals surface area contributed by atoms with Crippen molar-refractivity contribution in [3.63, 3.8) is 0 Å². The highest BCUT2D eigenvalue weighted by atomic mass is 16.2. The molecule has 1 saturated heterocycles. The molecule has 2 heterocycles. The summed E-state index contributed by atoms with van der Waals surface area (Å²) in [5.41, 5.74) is 0.848. The van der Waals surface area contributed by atoms with Crippen molar-refractivity contribution in [2.75, 3.05) is 0 Å². The molecule has 110 valence electrons. The van der Waals surface area contributed by atoms with Gasteiger partial charge in [0, 0.05) is 6.20 Å². The Hall–Kier alpha value is -1.91. The molecule has 2 atom stereocenters. The first-order chi connectivity index (χ1) is 10.2. The second kappa shape index (κ2) is 4.83. The first-order valence-corrected chi connectivity index (χ1v) is 7.75. The van der Waals surface area contributed by atoms with Gasteiger partial charge < -0.3 is 10.2 Å². The summed E-state index contributed by atoms with van der Waals surface area (Å²) in [7, 11) is 0. The molecule has 1 aromatic heterocycles. The summed E-state index contributed by atoms with van der Waals surface area (Å²) in [6, 6.07) is 5.09. The Morgan fingerprint density at radius 1 is 1.14 bits per heavy atom. The van der Waals surface area contributed by atoms with Gasteiger partial charge in [0.2, 0.25) is 11.8 Å². The van der Waals surface area contributed by atoms with Gasteiger partial charge >= 0.3 is 0 Å². The zero-order valence-electron chi connectivity index (χ0n) is 11.9. The molecule has 0 bridgehead atoms. The Labute approximate surface area is 123 Å². The van der Waals surface area contributed by atoms with Gasteiger partial charge in [-0.2, -0.15) is 0 Å². The number of amides is 2. The van der Waals surface area contributed by atoms with Gasteiger partial charge in [-0.1, -0.05) is 6.07 Å². The molecule has 2 unspecified atom stereocenters. The molecule has 2 saturated carbocycles. The van der Waals surface area contributed by atoms with Crippen molar-refractivity contribution in [2.24, 2.45) is 11.8 Å². The van der Waals surface area contributed by atoms with E-state index in [1.165, 1.54) is 0 Å². The average molecular weight is 285 g/mol. The number of rotatable bonds is 4. The van der Waals surface area contributed by atoms with Gasteiger partial charge in [-0.15, -0.1) is 0 Å². The number of carbonyl (C=O) groups excluding carboxylic acids is 2. The van der Waals surface area contributed by atoms with Crippen molar-refractivity contribution in [1.29, 1.82) is 0 Å². The van der Waals surface area contributed by atoms with Crippen molar-refractivity contribution >= 4 is 11.8 Å². The average Bonchev–Trinajstić information content (AvgIpc) is 3.37. The van der Waals surface area contributed by atoms with Gasteiger partial charge in [0.1, 0.15) is 12.1 Å². The van der Waals surface area contributed by atoms with Gasteiger partial charge in [-0.25, -0.2) is 0 Å². The largest absolute Gasteiger partial charge is 0.342 e. The molecule has 3 aliphatic rings. The number of carbonyl (C=O) groups is 2. The summed E-state index contributed by atoms with van der Waals surface area (Å²) in [5, 5.41) is 2.96. The molecule has 2 aliphatic carbocycles. The molecule has 1 aromatic rings. The topological polar surface area (TPSA) is 62.3 Å². The second-order valence-corrected chi connectivity index (χ2v) is 6.39. The normalized spacial score (nSPS) is 29.4. The van der Waals surface area contributed by atoms with Crippen LogP contribution < -0.4 is 5.32 Å². The maximum Gasteiger partial charge on any atom is 0.246 e. The van der Waals surface area contributed by atoms with Crippen LogP contribution in [0.4, 0.5) is 0 Å². The third-order valence-electron chi connectivity index (χ3n) is 4.67. The van der Waals surface area contributed by atoms with Crippen molar-refractivity contribution in [2.45, 2.75) is 44.3 Å². The Kier molecular flexibility index (Phi) is 2.94. The third kappa shape index (κ3) is 2.41.